The van der Waals surface area contributed by atoms with Crippen LogP contribution in [0.4, 0.5) is 5.69 Å². The molecule has 0 saturated heterocycles. The lowest BCUT2D eigenvalue weighted by Crippen LogP contribution is -2.24. The van der Waals surface area contributed by atoms with Crippen LogP contribution in [0, 0.1) is 10.1 Å². The van der Waals surface area contributed by atoms with Crippen molar-refractivity contribution in [2.75, 3.05) is 0 Å². The fraction of sp³-hybridized carbons (Fsp3) is 0.385. The Morgan fingerprint density at radius 1 is 1.25 bits per heavy atom. The third kappa shape index (κ3) is 2.72. The van der Waals surface area contributed by atoms with Crippen molar-refractivity contribution in [3.63, 3.8) is 0 Å². The highest BCUT2D eigenvalue weighted by atomic mass is 79.9. The summed E-state index contributed by atoms with van der Waals surface area (Å²) in [4.78, 5) is 10.3. The number of halogens is 1. The molecule has 0 aliphatic heterocycles. The number of aromatic nitrogens is 3. The second-order valence-electron chi connectivity index (χ2n) is 5.38. The number of rotatable bonds is 3. The van der Waals surface area contributed by atoms with Crippen LogP contribution in [0.1, 0.15) is 26.6 Å². The van der Waals surface area contributed by atoms with E-state index in [0.717, 1.165) is 11.4 Å². The van der Waals surface area contributed by atoms with Crippen LogP contribution in [0.25, 0.3) is 11.4 Å². The van der Waals surface area contributed by atoms with Crippen LogP contribution in [-0.4, -0.2) is 19.7 Å². The summed E-state index contributed by atoms with van der Waals surface area (Å²) in [5, 5.41) is 19.7. The molecule has 6 nitrogen and oxygen atoms in total. The Balaban J connectivity index is 2.53. The van der Waals surface area contributed by atoms with Crippen molar-refractivity contribution in [3.05, 3.63) is 40.2 Å². The predicted octanol–water partition coefficient (Wildman–Crippen LogP) is 3.50. The lowest BCUT2D eigenvalue weighted by molar-refractivity contribution is -0.384. The molecular weight excluding hydrogens is 324 g/mol. The van der Waals surface area contributed by atoms with Gasteiger partial charge < -0.3 is 4.57 Å². The van der Waals surface area contributed by atoms with E-state index in [-0.39, 0.29) is 11.2 Å². The maximum absolute atomic E-state index is 10.7. The van der Waals surface area contributed by atoms with Crippen LogP contribution in [0.15, 0.2) is 24.3 Å². The summed E-state index contributed by atoms with van der Waals surface area (Å²) >= 11 is 3.40. The Morgan fingerprint density at radius 2 is 1.85 bits per heavy atom. The number of alkyl halides is 1. The van der Waals surface area contributed by atoms with Gasteiger partial charge in [0.2, 0.25) is 0 Å². The Kier molecular flexibility index (Phi) is 3.89. The summed E-state index contributed by atoms with van der Waals surface area (Å²) in [7, 11) is 0. The van der Waals surface area contributed by atoms with Gasteiger partial charge in [-0.2, -0.15) is 0 Å². The first-order chi connectivity index (χ1) is 9.34. The minimum Gasteiger partial charge on any atom is -0.305 e. The number of benzene rings is 1. The normalized spacial score (nSPS) is 11.6. The number of nitro benzene ring substituents is 1. The van der Waals surface area contributed by atoms with Gasteiger partial charge >= 0.3 is 0 Å². The molecule has 106 valence electrons. The molecule has 0 unspecified atom stereocenters. The molecule has 0 N–H and O–H groups in total. The van der Waals surface area contributed by atoms with Crippen LogP contribution in [0.2, 0.25) is 0 Å². The molecule has 0 aliphatic rings. The van der Waals surface area contributed by atoms with Crippen LogP contribution < -0.4 is 0 Å². The van der Waals surface area contributed by atoms with Gasteiger partial charge in [-0.05, 0) is 32.9 Å². The molecule has 1 aromatic carbocycles. The summed E-state index contributed by atoms with van der Waals surface area (Å²) < 4.78 is 2.03. The fourth-order valence-electron chi connectivity index (χ4n) is 2.03. The third-order valence-corrected chi connectivity index (χ3v) is 3.36. The molecule has 7 heteroatoms. The highest BCUT2D eigenvalue weighted by molar-refractivity contribution is 9.08. The maximum atomic E-state index is 10.7. The molecule has 1 aromatic heterocycles. The summed E-state index contributed by atoms with van der Waals surface area (Å²) in [6.07, 6.45) is 0. The topological polar surface area (TPSA) is 73.8 Å². The van der Waals surface area contributed by atoms with Gasteiger partial charge in [-0.1, -0.05) is 15.9 Å². The average molecular weight is 339 g/mol. The van der Waals surface area contributed by atoms with Crippen LogP contribution in [0.5, 0.6) is 0 Å². The van der Waals surface area contributed by atoms with Gasteiger partial charge in [-0.15, -0.1) is 10.2 Å². The molecule has 2 rings (SSSR count). The van der Waals surface area contributed by atoms with Crippen molar-refractivity contribution in [1.29, 1.82) is 0 Å². The first kappa shape index (κ1) is 14.6. The second-order valence-corrected chi connectivity index (χ2v) is 5.94. The zero-order valence-corrected chi connectivity index (χ0v) is 13.1. The number of nitro groups is 1. The van der Waals surface area contributed by atoms with Gasteiger partial charge in [-0.3, -0.25) is 10.1 Å². The predicted molar refractivity (Wildman–Crippen MR) is 79.7 cm³/mol. The van der Waals surface area contributed by atoms with Crippen molar-refractivity contribution in [2.24, 2.45) is 0 Å². The van der Waals surface area contributed by atoms with E-state index in [9.17, 15) is 10.1 Å². The second kappa shape index (κ2) is 5.32. The third-order valence-electron chi connectivity index (χ3n) is 2.86. The Hall–Kier alpha value is -1.76. The number of hydrogen-bond donors (Lipinski definition) is 0. The Labute approximate surface area is 125 Å². The SMILES string of the molecule is CC(C)(C)n1c(CBr)nnc1-c1ccc([N+](=O)[O-])cc1. The van der Waals surface area contributed by atoms with Gasteiger partial charge in [0.05, 0.1) is 10.3 Å². The van der Waals surface area contributed by atoms with Gasteiger partial charge in [0.25, 0.3) is 5.69 Å². The molecular formula is C13H15BrN4O2. The highest BCUT2D eigenvalue weighted by Gasteiger charge is 2.23. The lowest BCUT2D eigenvalue weighted by Gasteiger charge is -2.24. The molecule has 0 bridgehead atoms. The zero-order valence-electron chi connectivity index (χ0n) is 11.5. The molecule has 20 heavy (non-hydrogen) atoms. The Morgan fingerprint density at radius 3 is 2.30 bits per heavy atom. The van der Waals surface area contributed by atoms with Crippen LogP contribution >= 0.6 is 15.9 Å². The van der Waals surface area contributed by atoms with E-state index >= 15 is 0 Å². The molecule has 0 aliphatic carbocycles. The van der Waals surface area contributed by atoms with Crippen LogP contribution in [0.3, 0.4) is 0 Å². The smallest absolute Gasteiger partial charge is 0.269 e. The van der Waals surface area contributed by atoms with Gasteiger partial charge in [0, 0.05) is 23.2 Å². The summed E-state index contributed by atoms with van der Waals surface area (Å²) in [6.45, 7) is 6.20. The summed E-state index contributed by atoms with van der Waals surface area (Å²) in [5.74, 6) is 1.53. The van der Waals surface area contributed by atoms with Crippen molar-refractivity contribution >= 4 is 21.6 Å². The minimum absolute atomic E-state index is 0.0660. The first-order valence-electron chi connectivity index (χ1n) is 6.10. The molecule has 0 saturated carbocycles. The van der Waals surface area contributed by atoms with Crippen LogP contribution in [-0.2, 0) is 10.9 Å². The molecule has 1 heterocycles. The Bertz CT molecular complexity index is 629. The van der Waals surface area contributed by atoms with E-state index in [1.807, 2.05) is 4.57 Å². The summed E-state index contributed by atoms with van der Waals surface area (Å²) in [5.41, 5.74) is 0.700. The van der Waals surface area contributed by atoms with Gasteiger partial charge in [0.1, 0.15) is 5.82 Å². The van der Waals surface area contributed by atoms with E-state index in [0.29, 0.717) is 11.2 Å². The molecule has 0 amide bonds. The quantitative estimate of drug-likeness (QED) is 0.487. The van der Waals surface area contributed by atoms with E-state index in [1.54, 1.807) is 12.1 Å². The van der Waals surface area contributed by atoms with Gasteiger partial charge in [-0.25, -0.2) is 0 Å². The van der Waals surface area contributed by atoms with Crippen molar-refractivity contribution in [3.8, 4) is 11.4 Å². The molecule has 0 spiro atoms. The standard InChI is InChI=1S/C13H15BrN4O2/c1-13(2,3)17-11(8-14)15-16-12(17)9-4-6-10(7-5-9)18(19)20/h4-7H,8H2,1-3H3. The fourth-order valence-corrected chi connectivity index (χ4v) is 2.39. The average Bonchev–Trinajstić information content (AvgIpc) is 2.82. The molecule has 0 radical (unpaired) electrons. The van der Waals surface area contributed by atoms with E-state index in [4.69, 9.17) is 0 Å². The van der Waals surface area contributed by atoms with Crippen molar-refractivity contribution < 1.29 is 4.92 Å². The van der Waals surface area contributed by atoms with Crippen molar-refractivity contribution in [1.82, 2.24) is 14.8 Å². The monoisotopic (exact) mass is 338 g/mol. The lowest BCUT2D eigenvalue weighted by atomic mass is 10.1. The number of non-ortho nitro benzene ring substituents is 1. The van der Waals surface area contributed by atoms with E-state index in [1.165, 1.54) is 12.1 Å². The largest absolute Gasteiger partial charge is 0.305 e. The molecule has 2 aromatic rings. The molecule has 0 fully saturated rings. The summed E-state index contributed by atoms with van der Waals surface area (Å²) in [6, 6.07) is 6.35. The minimum atomic E-state index is -0.415. The zero-order chi connectivity index (χ0) is 14.9. The molecule has 0 atom stereocenters. The highest BCUT2D eigenvalue weighted by Crippen LogP contribution is 2.28. The maximum Gasteiger partial charge on any atom is 0.269 e. The van der Waals surface area contributed by atoms with E-state index in [2.05, 4.69) is 46.9 Å². The van der Waals surface area contributed by atoms with Gasteiger partial charge in [0.15, 0.2) is 5.82 Å². The van der Waals surface area contributed by atoms with E-state index < -0.39 is 4.92 Å². The first-order valence-corrected chi connectivity index (χ1v) is 7.22. The number of hydrogen-bond acceptors (Lipinski definition) is 4. The van der Waals surface area contributed by atoms with Crippen molar-refractivity contribution in [2.45, 2.75) is 31.6 Å². The number of nitrogens with zero attached hydrogens (tertiary/aromatic N) is 4.